The standard InChI is InChI=1S/C16H18ClN3O5S/c1-20(26(22,23)11-5-4-6-18-9-11)10-16(21)19-13-7-12(17)14(24-2)8-15(13)25-3/h4-9H,10H2,1-3H3,(H,19,21). The summed E-state index contributed by atoms with van der Waals surface area (Å²) in [5.74, 6) is 0.162. The second-order valence-corrected chi connectivity index (χ2v) is 7.64. The van der Waals surface area contributed by atoms with Gasteiger partial charge in [-0.2, -0.15) is 4.31 Å². The molecule has 0 unspecified atom stereocenters. The number of hydrogen-bond acceptors (Lipinski definition) is 6. The average molecular weight is 400 g/mol. The first-order chi connectivity index (χ1) is 12.3. The predicted octanol–water partition coefficient (Wildman–Crippen LogP) is 2.01. The molecular weight excluding hydrogens is 382 g/mol. The first-order valence-electron chi connectivity index (χ1n) is 7.37. The van der Waals surface area contributed by atoms with E-state index in [1.807, 2.05) is 0 Å². The Hall–Kier alpha value is -2.36. The fourth-order valence-electron chi connectivity index (χ4n) is 2.11. The van der Waals surface area contributed by atoms with Crippen molar-refractivity contribution in [3.8, 4) is 11.5 Å². The van der Waals surface area contributed by atoms with Gasteiger partial charge < -0.3 is 14.8 Å². The fourth-order valence-corrected chi connectivity index (χ4v) is 3.45. The summed E-state index contributed by atoms with van der Waals surface area (Å²) >= 11 is 6.06. The molecule has 0 spiro atoms. The van der Waals surface area contributed by atoms with Crippen LogP contribution in [0.4, 0.5) is 5.69 Å². The van der Waals surface area contributed by atoms with Crippen LogP contribution in [0.5, 0.6) is 11.5 Å². The maximum atomic E-state index is 12.4. The number of rotatable bonds is 7. The number of carbonyl (C=O) groups excluding carboxylic acids is 1. The van der Waals surface area contributed by atoms with Gasteiger partial charge in [0.05, 0.1) is 31.5 Å². The highest BCUT2D eigenvalue weighted by molar-refractivity contribution is 7.89. The van der Waals surface area contributed by atoms with Crippen molar-refractivity contribution < 1.29 is 22.7 Å². The van der Waals surface area contributed by atoms with Gasteiger partial charge in [0.25, 0.3) is 0 Å². The Morgan fingerprint density at radius 1 is 1.27 bits per heavy atom. The quantitative estimate of drug-likeness (QED) is 0.764. The van der Waals surface area contributed by atoms with Crippen molar-refractivity contribution in [2.45, 2.75) is 4.90 Å². The molecule has 2 aromatic rings. The number of benzene rings is 1. The predicted molar refractivity (Wildman–Crippen MR) is 97.2 cm³/mol. The molecule has 1 N–H and O–H groups in total. The SMILES string of the molecule is COc1cc(OC)c(NC(=O)CN(C)S(=O)(=O)c2cccnc2)cc1Cl. The van der Waals surface area contributed by atoms with Crippen LogP contribution in [0.1, 0.15) is 0 Å². The average Bonchev–Trinajstić information content (AvgIpc) is 2.62. The minimum Gasteiger partial charge on any atom is -0.495 e. The van der Waals surface area contributed by atoms with E-state index in [1.54, 1.807) is 0 Å². The van der Waals surface area contributed by atoms with Gasteiger partial charge in [0, 0.05) is 25.5 Å². The Bertz CT molecular complexity index is 890. The van der Waals surface area contributed by atoms with E-state index in [9.17, 15) is 13.2 Å². The van der Waals surface area contributed by atoms with Gasteiger partial charge in [-0.05, 0) is 18.2 Å². The topological polar surface area (TPSA) is 97.8 Å². The maximum Gasteiger partial charge on any atom is 0.244 e. The van der Waals surface area contributed by atoms with Crippen LogP contribution in [0, 0.1) is 0 Å². The molecule has 26 heavy (non-hydrogen) atoms. The lowest BCUT2D eigenvalue weighted by molar-refractivity contribution is -0.116. The molecule has 0 fully saturated rings. The Balaban J connectivity index is 2.15. The van der Waals surface area contributed by atoms with Crippen LogP contribution >= 0.6 is 11.6 Å². The number of hydrogen-bond donors (Lipinski definition) is 1. The van der Waals surface area contributed by atoms with E-state index in [2.05, 4.69) is 10.3 Å². The van der Waals surface area contributed by atoms with Crippen molar-refractivity contribution >= 4 is 33.2 Å². The van der Waals surface area contributed by atoms with Crippen LogP contribution in [-0.2, 0) is 14.8 Å². The van der Waals surface area contributed by atoms with Crippen molar-refractivity contribution in [3.05, 3.63) is 41.7 Å². The number of pyridine rings is 1. The maximum absolute atomic E-state index is 12.4. The largest absolute Gasteiger partial charge is 0.495 e. The number of ether oxygens (including phenoxy) is 2. The highest BCUT2D eigenvalue weighted by Crippen LogP contribution is 2.35. The van der Waals surface area contributed by atoms with Crippen LogP contribution in [-0.4, -0.2) is 51.4 Å². The summed E-state index contributed by atoms with van der Waals surface area (Å²) < 4.78 is 36.1. The van der Waals surface area contributed by atoms with Crippen LogP contribution in [0.25, 0.3) is 0 Å². The molecule has 1 aromatic carbocycles. The molecule has 0 atom stereocenters. The summed E-state index contributed by atoms with van der Waals surface area (Å²) in [6.45, 7) is -0.399. The molecule has 0 aliphatic carbocycles. The summed E-state index contributed by atoms with van der Waals surface area (Å²) in [5, 5.41) is 2.86. The number of anilines is 1. The number of halogens is 1. The highest BCUT2D eigenvalue weighted by atomic mass is 35.5. The van der Waals surface area contributed by atoms with E-state index in [4.69, 9.17) is 21.1 Å². The number of nitrogens with zero attached hydrogens (tertiary/aromatic N) is 2. The van der Waals surface area contributed by atoms with Crippen molar-refractivity contribution in [3.63, 3.8) is 0 Å². The third-order valence-electron chi connectivity index (χ3n) is 3.46. The van der Waals surface area contributed by atoms with Crippen LogP contribution in [0.2, 0.25) is 5.02 Å². The number of likely N-dealkylation sites (N-methyl/N-ethyl adjacent to an activating group) is 1. The fraction of sp³-hybridized carbons (Fsp3) is 0.250. The Kier molecular flexibility index (Phi) is 6.41. The smallest absolute Gasteiger partial charge is 0.244 e. The van der Waals surface area contributed by atoms with Crippen LogP contribution in [0.3, 0.4) is 0 Å². The summed E-state index contributed by atoms with van der Waals surface area (Å²) in [6.07, 6.45) is 2.68. The van der Waals surface area contributed by atoms with E-state index in [1.165, 1.54) is 57.9 Å². The van der Waals surface area contributed by atoms with E-state index >= 15 is 0 Å². The molecular formula is C16H18ClN3O5S. The Morgan fingerprint density at radius 3 is 2.54 bits per heavy atom. The van der Waals surface area contributed by atoms with Crippen LogP contribution < -0.4 is 14.8 Å². The van der Waals surface area contributed by atoms with Crippen molar-refractivity contribution in [2.24, 2.45) is 0 Å². The van der Waals surface area contributed by atoms with Crippen LogP contribution in [0.15, 0.2) is 41.6 Å². The number of nitrogens with one attached hydrogen (secondary N) is 1. The lowest BCUT2D eigenvalue weighted by atomic mass is 10.2. The Morgan fingerprint density at radius 2 is 1.96 bits per heavy atom. The van der Waals surface area contributed by atoms with Crippen molar-refractivity contribution in [1.29, 1.82) is 0 Å². The first kappa shape index (κ1) is 20.0. The zero-order chi connectivity index (χ0) is 19.3. The van der Waals surface area contributed by atoms with Gasteiger partial charge in [0.1, 0.15) is 16.4 Å². The molecule has 1 heterocycles. The van der Waals surface area contributed by atoms with Gasteiger partial charge in [-0.1, -0.05) is 11.6 Å². The molecule has 0 radical (unpaired) electrons. The van der Waals surface area contributed by atoms with Crippen molar-refractivity contribution in [1.82, 2.24) is 9.29 Å². The molecule has 0 bridgehead atoms. The van der Waals surface area contributed by atoms with Crippen molar-refractivity contribution in [2.75, 3.05) is 33.1 Å². The van der Waals surface area contributed by atoms with Gasteiger partial charge in [-0.3, -0.25) is 9.78 Å². The number of carbonyl (C=O) groups is 1. The van der Waals surface area contributed by atoms with Gasteiger partial charge >= 0.3 is 0 Å². The molecule has 0 aliphatic heterocycles. The molecule has 1 aromatic heterocycles. The zero-order valence-electron chi connectivity index (χ0n) is 14.4. The molecule has 0 saturated carbocycles. The van der Waals surface area contributed by atoms with E-state index in [0.29, 0.717) is 17.2 Å². The molecule has 2 rings (SSSR count). The molecule has 10 heteroatoms. The van der Waals surface area contributed by atoms with E-state index < -0.39 is 22.5 Å². The van der Waals surface area contributed by atoms with Gasteiger partial charge in [-0.25, -0.2) is 8.42 Å². The van der Waals surface area contributed by atoms with E-state index in [-0.39, 0.29) is 9.92 Å². The lowest BCUT2D eigenvalue weighted by Crippen LogP contribution is -2.35. The minimum atomic E-state index is -3.83. The Labute approximate surface area is 156 Å². The van der Waals surface area contributed by atoms with Gasteiger partial charge in [0.2, 0.25) is 15.9 Å². The molecule has 8 nitrogen and oxygen atoms in total. The first-order valence-corrected chi connectivity index (χ1v) is 9.19. The molecule has 140 valence electrons. The lowest BCUT2D eigenvalue weighted by Gasteiger charge is -2.18. The number of sulfonamides is 1. The number of aromatic nitrogens is 1. The summed E-state index contributed by atoms with van der Waals surface area (Å²) in [5.41, 5.74) is 0.301. The summed E-state index contributed by atoms with van der Waals surface area (Å²) in [4.78, 5) is 16.1. The van der Waals surface area contributed by atoms with Gasteiger partial charge in [-0.15, -0.1) is 0 Å². The van der Waals surface area contributed by atoms with E-state index in [0.717, 1.165) is 4.31 Å². The normalized spacial score (nSPS) is 11.3. The number of methoxy groups -OCH3 is 2. The second kappa shape index (κ2) is 8.35. The molecule has 0 aliphatic rings. The molecule has 0 saturated heterocycles. The third kappa shape index (κ3) is 4.43. The second-order valence-electron chi connectivity index (χ2n) is 5.19. The summed E-state index contributed by atoms with van der Waals surface area (Å²) in [6, 6.07) is 5.90. The highest BCUT2D eigenvalue weighted by Gasteiger charge is 2.23. The minimum absolute atomic E-state index is 0.000345. The number of amides is 1. The van der Waals surface area contributed by atoms with Gasteiger partial charge in [0.15, 0.2) is 0 Å². The molecule has 1 amide bonds. The third-order valence-corrected chi connectivity index (χ3v) is 5.54. The zero-order valence-corrected chi connectivity index (χ0v) is 16.0. The monoisotopic (exact) mass is 399 g/mol. The summed E-state index contributed by atoms with van der Waals surface area (Å²) in [7, 11) is 0.361.